The third-order valence-corrected chi connectivity index (χ3v) is 9.35. The lowest BCUT2D eigenvalue weighted by molar-refractivity contribution is -0.212. The predicted octanol–water partition coefficient (Wildman–Crippen LogP) is 6.22. The summed E-state index contributed by atoms with van der Waals surface area (Å²) in [5.41, 5.74) is 2.49. The van der Waals surface area contributed by atoms with Crippen LogP contribution in [-0.2, 0) is 30.3 Å². The lowest BCUT2D eigenvalue weighted by Crippen LogP contribution is -2.55. The van der Waals surface area contributed by atoms with Crippen LogP contribution in [0.15, 0.2) is 72.8 Å². The number of carbonyl (C=O) groups is 3. The van der Waals surface area contributed by atoms with Crippen molar-refractivity contribution in [2.24, 2.45) is 17.8 Å². The van der Waals surface area contributed by atoms with E-state index in [-0.39, 0.29) is 42.5 Å². The van der Waals surface area contributed by atoms with Crippen LogP contribution in [0.2, 0.25) is 0 Å². The highest BCUT2D eigenvalue weighted by atomic mass is 19.1. The van der Waals surface area contributed by atoms with E-state index in [1.165, 1.54) is 36.4 Å². The van der Waals surface area contributed by atoms with E-state index in [1.54, 1.807) is 30.9 Å². The second-order valence-corrected chi connectivity index (χ2v) is 13.0. The Morgan fingerprint density at radius 2 is 1.60 bits per heavy atom. The summed E-state index contributed by atoms with van der Waals surface area (Å²) in [6, 6.07) is 19.1. The van der Waals surface area contributed by atoms with Gasteiger partial charge in [-0.3, -0.25) is 14.4 Å². The molecule has 2 saturated heterocycles. The summed E-state index contributed by atoms with van der Waals surface area (Å²) in [6.07, 6.45) is 1.07. The van der Waals surface area contributed by atoms with Crippen LogP contribution in [0.3, 0.4) is 0 Å². The summed E-state index contributed by atoms with van der Waals surface area (Å²) in [6.45, 7) is 4.11. The number of nitrogens with zero attached hydrogens (tertiary/aromatic N) is 1. The normalized spacial score (nSPS) is 20.0. The first-order valence-corrected chi connectivity index (χ1v) is 16.0. The van der Waals surface area contributed by atoms with E-state index in [9.17, 15) is 33.4 Å². The van der Waals surface area contributed by atoms with Gasteiger partial charge in [-0.25, -0.2) is 8.78 Å². The zero-order valence-electron chi connectivity index (χ0n) is 26.6. The monoisotopic (exact) mass is 649 g/mol. The Labute approximate surface area is 273 Å². The molecule has 10 heteroatoms. The molecule has 0 aromatic heterocycles. The number of hydrogen-bond acceptors (Lipinski definition) is 6. The minimum Gasteiger partial charge on any atom is -0.481 e. The van der Waals surface area contributed by atoms with Crippen LogP contribution >= 0.6 is 0 Å². The molecular formula is C37H41F2NO7. The zero-order chi connectivity index (χ0) is 33.7. The minimum atomic E-state index is -0.987. The summed E-state index contributed by atoms with van der Waals surface area (Å²) in [5, 5.41) is 20.1. The molecule has 5 rings (SSSR count). The third-order valence-electron chi connectivity index (χ3n) is 9.35. The Morgan fingerprint density at radius 1 is 0.979 bits per heavy atom. The molecule has 1 amide bonds. The maximum Gasteiger partial charge on any atom is 0.307 e. The first-order valence-electron chi connectivity index (χ1n) is 16.0. The number of aliphatic hydroxyl groups is 1. The van der Waals surface area contributed by atoms with Gasteiger partial charge < -0.3 is 24.6 Å². The quantitative estimate of drug-likeness (QED) is 0.177. The fourth-order valence-corrected chi connectivity index (χ4v) is 6.32. The second kappa shape index (κ2) is 14.8. The largest absolute Gasteiger partial charge is 0.481 e. The van der Waals surface area contributed by atoms with E-state index in [4.69, 9.17) is 9.47 Å². The number of carboxylic acids is 1. The van der Waals surface area contributed by atoms with E-state index in [0.29, 0.717) is 50.1 Å². The molecule has 2 aliphatic rings. The lowest BCUT2D eigenvalue weighted by atomic mass is 9.78. The maximum absolute atomic E-state index is 13.7. The van der Waals surface area contributed by atoms with Crippen molar-refractivity contribution in [2.45, 2.75) is 63.7 Å². The SMILES string of the molecule is CC(C)[C@H](CC(=O)COC1(CCc2ccc([C@@H]3[C@@H](CC[C@H](O)c4ccc(F)cc4)C(=O)N3c3ccc(F)cc3)cc2)COC1)C(=O)O. The Bertz CT molecular complexity index is 1540. The van der Waals surface area contributed by atoms with E-state index >= 15 is 0 Å². The number of β-lactam (4-membered cyclic amide) rings is 1. The number of anilines is 1. The van der Waals surface area contributed by atoms with E-state index in [0.717, 1.165) is 11.1 Å². The number of carbonyl (C=O) groups excluding carboxylic acids is 2. The standard InChI is InChI=1S/C37H41F2NO7/c1-23(2)32(36(44)45)19-30(41)20-47-37(21-46-22-37)18-17-24-3-5-26(6-4-24)34-31(15-16-33(42)25-7-9-27(38)10-8-25)35(43)40(34)29-13-11-28(39)12-14-29/h3-14,23,31-34,42H,15-22H2,1-2H3,(H,44,45)/t31-,32+,33+,34-/m1/s1. The number of halogens is 2. The Balaban J connectivity index is 1.23. The number of hydrogen-bond donors (Lipinski definition) is 2. The molecular weight excluding hydrogens is 608 g/mol. The predicted molar refractivity (Wildman–Crippen MR) is 171 cm³/mol. The van der Waals surface area contributed by atoms with Gasteiger partial charge in [-0.15, -0.1) is 0 Å². The fourth-order valence-electron chi connectivity index (χ4n) is 6.32. The molecule has 0 unspecified atom stereocenters. The summed E-state index contributed by atoms with van der Waals surface area (Å²) in [7, 11) is 0. The first kappa shape index (κ1) is 34.3. The second-order valence-electron chi connectivity index (χ2n) is 13.0. The number of ketones is 1. The number of ether oxygens (including phenoxy) is 2. The van der Waals surface area contributed by atoms with Crippen LogP contribution in [0.25, 0.3) is 0 Å². The number of aliphatic carboxylic acids is 1. The molecule has 47 heavy (non-hydrogen) atoms. The summed E-state index contributed by atoms with van der Waals surface area (Å²) >= 11 is 0. The van der Waals surface area contributed by atoms with Crippen LogP contribution in [0.1, 0.15) is 68.4 Å². The average Bonchev–Trinajstić information content (AvgIpc) is 3.03. The van der Waals surface area contributed by atoms with Gasteiger partial charge in [-0.05, 0) is 84.7 Å². The Hall–Kier alpha value is -3.99. The summed E-state index contributed by atoms with van der Waals surface area (Å²) in [5.74, 6) is -3.45. The van der Waals surface area contributed by atoms with Gasteiger partial charge in [0.05, 0.1) is 37.2 Å². The topological polar surface area (TPSA) is 113 Å². The molecule has 2 heterocycles. The highest BCUT2D eigenvalue weighted by Gasteiger charge is 2.48. The highest BCUT2D eigenvalue weighted by molar-refractivity contribution is 6.03. The van der Waals surface area contributed by atoms with Gasteiger partial charge >= 0.3 is 5.97 Å². The van der Waals surface area contributed by atoms with Gasteiger partial charge in [0.25, 0.3) is 0 Å². The first-order chi connectivity index (χ1) is 22.5. The third kappa shape index (κ3) is 8.12. The van der Waals surface area contributed by atoms with E-state index in [1.807, 2.05) is 24.3 Å². The molecule has 2 aliphatic heterocycles. The van der Waals surface area contributed by atoms with Crippen LogP contribution in [0.4, 0.5) is 14.5 Å². The van der Waals surface area contributed by atoms with Crippen molar-refractivity contribution < 1.29 is 42.9 Å². The van der Waals surface area contributed by atoms with Crippen molar-refractivity contribution in [1.29, 1.82) is 0 Å². The van der Waals surface area contributed by atoms with Crippen molar-refractivity contribution in [3.05, 3.63) is 101 Å². The van der Waals surface area contributed by atoms with Crippen LogP contribution in [-0.4, -0.2) is 53.3 Å². The molecule has 2 fully saturated rings. The van der Waals surface area contributed by atoms with Gasteiger partial charge in [-0.2, -0.15) is 0 Å². The molecule has 0 spiro atoms. The van der Waals surface area contributed by atoms with Crippen molar-refractivity contribution in [3.8, 4) is 0 Å². The maximum atomic E-state index is 13.7. The molecule has 8 nitrogen and oxygen atoms in total. The van der Waals surface area contributed by atoms with Crippen molar-refractivity contribution in [2.75, 3.05) is 24.7 Å². The van der Waals surface area contributed by atoms with Crippen molar-refractivity contribution in [1.82, 2.24) is 0 Å². The fraction of sp³-hybridized carbons (Fsp3) is 0.432. The van der Waals surface area contributed by atoms with Crippen LogP contribution in [0.5, 0.6) is 0 Å². The molecule has 3 aromatic carbocycles. The number of Topliss-reactive ketones (excluding diaryl/α,β-unsaturated/α-hetero) is 1. The molecule has 4 atom stereocenters. The molecule has 0 radical (unpaired) electrons. The number of rotatable bonds is 16. The highest BCUT2D eigenvalue weighted by Crippen LogP contribution is 2.46. The molecule has 2 N–H and O–H groups in total. The average molecular weight is 650 g/mol. The van der Waals surface area contributed by atoms with E-state index < -0.39 is 35.3 Å². The Kier molecular flexibility index (Phi) is 10.8. The molecule has 250 valence electrons. The van der Waals surface area contributed by atoms with Gasteiger partial charge in [0.15, 0.2) is 5.78 Å². The minimum absolute atomic E-state index is 0.0732. The van der Waals surface area contributed by atoms with Crippen molar-refractivity contribution in [3.63, 3.8) is 0 Å². The smallest absolute Gasteiger partial charge is 0.307 e. The number of carboxylic acid groups (broad SMARTS) is 1. The molecule has 3 aromatic rings. The zero-order valence-corrected chi connectivity index (χ0v) is 26.6. The van der Waals surface area contributed by atoms with Crippen molar-refractivity contribution >= 4 is 23.3 Å². The number of aryl methyl sites for hydroxylation is 1. The Morgan fingerprint density at radius 3 is 2.15 bits per heavy atom. The van der Waals surface area contributed by atoms with Gasteiger partial charge in [-0.1, -0.05) is 50.2 Å². The van der Waals surface area contributed by atoms with Gasteiger partial charge in [0.1, 0.15) is 23.8 Å². The van der Waals surface area contributed by atoms with Gasteiger partial charge in [0, 0.05) is 12.1 Å². The van der Waals surface area contributed by atoms with Gasteiger partial charge in [0.2, 0.25) is 5.91 Å². The van der Waals surface area contributed by atoms with E-state index in [2.05, 4.69) is 0 Å². The van der Waals surface area contributed by atoms with Crippen LogP contribution in [0, 0.1) is 29.4 Å². The number of aliphatic hydroxyl groups excluding tert-OH is 1. The number of amides is 1. The summed E-state index contributed by atoms with van der Waals surface area (Å²) in [4.78, 5) is 39.1. The molecule has 0 saturated carbocycles. The summed E-state index contributed by atoms with van der Waals surface area (Å²) < 4.78 is 38.5. The van der Waals surface area contributed by atoms with Crippen LogP contribution < -0.4 is 4.90 Å². The lowest BCUT2D eigenvalue weighted by Gasteiger charge is -2.48. The molecule has 0 aliphatic carbocycles. The number of benzene rings is 3. The molecule has 0 bridgehead atoms.